The fraction of sp³-hybridized carbons (Fsp3) is 0.273. The molecule has 84 valence electrons. The van der Waals surface area contributed by atoms with Crippen molar-refractivity contribution in [3.8, 4) is 0 Å². The third-order valence-electron chi connectivity index (χ3n) is 2.18. The number of halogens is 1. The van der Waals surface area contributed by atoms with Gasteiger partial charge in [-0.1, -0.05) is 0 Å². The van der Waals surface area contributed by atoms with Crippen molar-refractivity contribution in [2.24, 2.45) is 0 Å². The van der Waals surface area contributed by atoms with E-state index in [9.17, 15) is 0 Å². The smallest absolute Gasteiger partial charge is 0.0831 e. The molecule has 0 amide bonds. The van der Waals surface area contributed by atoms with Crippen LogP contribution in [-0.2, 0) is 13.1 Å². The van der Waals surface area contributed by atoms with Crippen LogP contribution in [0.2, 0.25) is 0 Å². The number of rotatable bonds is 4. The summed E-state index contributed by atoms with van der Waals surface area (Å²) in [6.45, 7) is 1.55. The highest BCUT2D eigenvalue weighted by Crippen LogP contribution is 2.08. The van der Waals surface area contributed by atoms with E-state index < -0.39 is 0 Å². The van der Waals surface area contributed by atoms with Crippen LogP contribution >= 0.6 is 15.9 Å². The third kappa shape index (κ3) is 2.90. The van der Waals surface area contributed by atoms with E-state index in [0.717, 1.165) is 16.7 Å². The molecule has 2 heterocycles. The minimum Gasteiger partial charge on any atom is -0.316 e. The minimum atomic E-state index is 0.705. The zero-order valence-electron chi connectivity index (χ0n) is 9.02. The first-order valence-electron chi connectivity index (χ1n) is 5.04. The Morgan fingerprint density at radius 2 is 2.25 bits per heavy atom. The second kappa shape index (κ2) is 5.23. The summed E-state index contributed by atoms with van der Waals surface area (Å²) in [4.78, 5) is 4.31. The summed E-state index contributed by atoms with van der Waals surface area (Å²) in [6, 6.07) is 3.98. The molecule has 0 aliphatic carbocycles. The number of pyridine rings is 1. The number of nitrogens with one attached hydrogen (secondary N) is 1. The molecular weight excluding hydrogens is 268 g/mol. The Kier molecular flexibility index (Phi) is 3.69. The van der Waals surface area contributed by atoms with Crippen LogP contribution < -0.4 is 5.32 Å². The van der Waals surface area contributed by atoms with Crippen LogP contribution in [-0.4, -0.2) is 21.8 Å². The van der Waals surface area contributed by atoms with Gasteiger partial charge in [0.15, 0.2) is 0 Å². The zero-order valence-corrected chi connectivity index (χ0v) is 10.6. The molecule has 0 atom stereocenters. The molecule has 0 aliphatic rings. The SMILES string of the molecule is CNCc1cnn(Cc2ccc(Br)cn2)c1. The summed E-state index contributed by atoms with van der Waals surface area (Å²) < 4.78 is 2.88. The maximum Gasteiger partial charge on any atom is 0.0831 e. The first-order chi connectivity index (χ1) is 7.78. The van der Waals surface area contributed by atoms with Crippen molar-refractivity contribution in [1.29, 1.82) is 0 Å². The molecule has 0 radical (unpaired) electrons. The highest BCUT2D eigenvalue weighted by atomic mass is 79.9. The maximum absolute atomic E-state index is 4.31. The fourth-order valence-corrected chi connectivity index (χ4v) is 1.69. The lowest BCUT2D eigenvalue weighted by atomic mass is 10.3. The predicted octanol–water partition coefficient (Wildman–Crippen LogP) is 1.81. The van der Waals surface area contributed by atoms with Crippen LogP contribution in [0.3, 0.4) is 0 Å². The van der Waals surface area contributed by atoms with Gasteiger partial charge in [-0.3, -0.25) is 9.67 Å². The molecule has 2 rings (SSSR count). The van der Waals surface area contributed by atoms with Gasteiger partial charge < -0.3 is 5.32 Å². The van der Waals surface area contributed by atoms with Crippen LogP contribution in [0, 0.1) is 0 Å². The predicted molar refractivity (Wildman–Crippen MR) is 66.0 cm³/mol. The summed E-state index contributed by atoms with van der Waals surface area (Å²) in [7, 11) is 1.92. The molecule has 1 N–H and O–H groups in total. The Labute approximate surface area is 103 Å². The van der Waals surface area contributed by atoms with Crippen LogP contribution in [0.25, 0.3) is 0 Å². The van der Waals surface area contributed by atoms with E-state index in [4.69, 9.17) is 0 Å². The van der Waals surface area contributed by atoms with Crippen molar-refractivity contribution in [3.05, 3.63) is 46.5 Å². The zero-order chi connectivity index (χ0) is 11.4. The van der Waals surface area contributed by atoms with Gasteiger partial charge in [0, 0.05) is 29.0 Å². The summed E-state index contributed by atoms with van der Waals surface area (Å²) in [6.07, 6.45) is 5.70. The molecule has 0 saturated carbocycles. The molecular formula is C11H13BrN4. The van der Waals surface area contributed by atoms with E-state index in [0.29, 0.717) is 6.54 Å². The quantitative estimate of drug-likeness (QED) is 0.929. The lowest BCUT2D eigenvalue weighted by molar-refractivity contribution is 0.671. The second-order valence-electron chi connectivity index (χ2n) is 3.54. The van der Waals surface area contributed by atoms with E-state index in [2.05, 4.69) is 31.3 Å². The molecule has 16 heavy (non-hydrogen) atoms. The van der Waals surface area contributed by atoms with E-state index in [1.165, 1.54) is 5.56 Å². The van der Waals surface area contributed by atoms with E-state index in [-0.39, 0.29) is 0 Å². The maximum atomic E-state index is 4.31. The average Bonchev–Trinajstić information content (AvgIpc) is 2.70. The van der Waals surface area contributed by atoms with Crippen LogP contribution in [0.15, 0.2) is 35.2 Å². The van der Waals surface area contributed by atoms with Crippen molar-refractivity contribution < 1.29 is 0 Å². The first kappa shape index (κ1) is 11.3. The number of hydrogen-bond donors (Lipinski definition) is 1. The summed E-state index contributed by atoms with van der Waals surface area (Å²) >= 11 is 3.36. The normalized spacial score (nSPS) is 10.6. The highest BCUT2D eigenvalue weighted by Gasteiger charge is 1.99. The van der Waals surface area contributed by atoms with E-state index in [1.54, 1.807) is 6.20 Å². The highest BCUT2D eigenvalue weighted by molar-refractivity contribution is 9.10. The Bertz CT molecular complexity index is 449. The van der Waals surface area contributed by atoms with Crippen molar-refractivity contribution in [3.63, 3.8) is 0 Å². The van der Waals surface area contributed by atoms with Gasteiger partial charge >= 0.3 is 0 Å². The average molecular weight is 281 g/mol. The van der Waals surface area contributed by atoms with Gasteiger partial charge in [-0.25, -0.2) is 0 Å². The lowest BCUT2D eigenvalue weighted by Gasteiger charge is -2.00. The Hall–Kier alpha value is -1.20. The molecule has 0 unspecified atom stereocenters. The lowest BCUT2D eigenvalue weighted by Crippen LogP contribution is -2.04. The molecule has 2 aromatic rings. The van der Waals surface area contributed by atoms with Gasteiger partial charge in [-0.15, -0.1) is 0 Å². The number of aromatic nitrogens is 3. The monoisotopic (exact) mass is 280 g/mol. The first-order valence-corrected chi connectivity index (χ1v) is 5.83. The van der Waals surface area contributed by atoms with Gasteiger partial charge in [-0.05, 0) is 35.1 Å². The number of nitrogens with zero attached hydrogens (tertiary/aromatic N) is 3. The topological polar surface area (TPSA) is 42.7 Å². The summed E-state index contributed by atoms with van der Waals surface area (Å²) in [5.41, 5.74) is 2.18. The third-order valence-corrected chi connectivity index (χ3v) is 2.65. The molecule has 2 aromatic heterocycles. The largest absolute Gasteiger partial charge is 0.316 e. The molecule has 0 fully saturated rings. The molecule has 0 aliphatic heterocycles. The van der Waals surface area contributed by atoms with Crippen LogP contribution in [0.1, 0.15) is 11.3 Å². The van der Waals surface area contributed by atoms with Crippen LogP contribution in [0.5, 0.6) is 0 Å². The van der Waals surface area contributed by atoms with Gasteiger partial charge in [0.2, 0.25) is 0 Å². The van der Waals surface area contributed by atoms with Crippen molar-refractivity contribution in [2.75, 3.05) is 7.05 Å². The standard InChI is InChI=1S/C11H13BrN4/c1-13-4-9-5-15-16(7-9)8-11-3-2-10(12)6-14-11/h2-3,5-7,13H,4,8H2,1H3. The van der Waals surface area contributed by atoms with Crippen LogP contribution in [0.4, 0.5) is 0 Å². The molecule has 0 bridgehead atoms. The number of hydrogen-bond acceptors (Lipinski definition) is 3. The molecule has 0 saturated heterocycles. The Morgan fingerprint density at radius 1 is 1.38 bits per heavy atom. The summed E-state index contributed by atoms with van der Waals surface area (Å²) in [5, 5.41) is 7.37. The molecule has 0 aromatic carbocycles. The van der Waals surface area contributed by atoms with Gasteiger partial charge in [0.25, 0.3) is 0 Å². The molecule has 5 heteroatoms. The van der Waals surface area contributed by atoms with E-state index in [1.807, 2.05) is 36.3 Å². The van der Waals surface area contributed by atoms with Crippen molar-refractivity contribution in [1.82, 2.24) is 20.1 Å². The Morgan fingerprint density at radius 3 is 2.94 bits per heavy atom. The van der Waals surface area contributed by atoms with Gasteiger partial charge in [0.1, 0.15) is 0 Å². The minimum absolute atomic E-state index is 0.705. The molecule has 0 spiro atoms. The van der Waals surface area contributed by atoms with Crippen molar-refractivity contribution in [2.45, 2.75) is 13.1 Å². The van der Waals surface area contributed by atoms with Gasteiger partial charge in [0.05, 0.1) is 18.4 Å². The second-order valence-corrected chi connectivity index (χ2v) is 4.46. The fourth-order valence-electron chi connectivity index (χ4n) is 1.45. The van der Waals surface area contributed by atoms with Crippen molar-refractivity contribution >= 4 is 15.9 Å². The molecule has 4 nitrogen and oxygen atoms in total. The summed E-state index contributed by atoms with van der Waals surface area (Å²) in [5.74, 6) is 0. The Balaban J connectivity index is 2.05. The van der Waals surface area contributed by atoms with Gasteiger partial charge in [-0.2, -0.15) is 5.10 Å². The van der Waals surface area contributed by atoms with E-state index >= 15 is 0 Å².